The molecule has 2 heteroatoms. The molecule has 18 heavy (non-hydrogen) atoms. The third-order valence-corrected chi connectivity index (χ3v) is 3.75. The van der Waals surface area contributed by atoms with Gasteiger partial charge in [-0.05, 0) is 57.6 Å². The van der Waals surface area contributed by atoms with Crippen molar-refractivity contribution in [2.24, 2.45) is 5.92 Å². The van der Waals surface area contributed by atoms with Gasteiger partial charge in [-0.3, -0.25) is 0 Å². The van der Waals surface area contributed by atoms with Gasteiger partial charge < -0.3 is 10.1 Å². The van der Waals surface area contributed by atoms with Gasteiger partial charge in [-0.2, -0.15) is 0 Å². The van der Waals surface area contributed by atoms with E-state index < -0.39 is 0 Å². The van der Waals surface area contributed by atoms with E-state index in [1.165, 1.54) is 29.5 Å². The lowest BCUT2D eigenvalue weighted by Crippen LogP contribution is -2.31. The molecule has 0 heterocycles. The SMILES string of the molecule is Cc1cc(C)c(OCCNC(C)C2CC2)c(C)c1. The van der Waals surface area contributed by atoms with E-state index in [2.05, 4.69) is 45.1 Å². The fourth-order valence-electron chi connectivity index (χ4n) is 2.60. The molecule has 1 aromatic carbocycles. The van der Waals surface area contributed by atoms with Crippen molar-refractivity contribution in [3.8, 4) is 5.75 Å². The number of hydrogen-bond donors (Lipinski definition) is 1. The highest BCUT2D eigenvalue weighted by molar-refractivity contribution is 5.42. The van der Waals surface area contributed by atoms with Gasteiger partial charge in [-0.15, -0.1) is 0 Å². The summed E-state index contributed by atoms with van der Waals surface area (Å²) in [6.07, 6.45) is 2.79. The zero-order valence-corrected chi connectivity index (χ0v) is 12.0. The summed E-state index contributed by atoms with van der Waals surface area (Å²) < 4.78 is 5.91. The van der Waals surface area contributed by atoms with E-state index >= 15 is 0 Å². The third kappa shape index (κ3) is 3.49. The van der Waals surface area contributed by atoms with Crippen molar-refractivity contribution in [1.29, 1.82) is 0 Å². The van der Waals surface area contributed by atoms with Gasteiger partial charge in [0.05, 0.1) is 0 Å². The van der Waals surface area contributed by atoms with Crippen LogP contribution < -0.4 is 10.1 Å². The average molecular weight is 247 g/mol. The summed E-state index contributed by atoms with van der Waals surface area (Å²) in [6.45, 7) is 10.3. The molecule has 1 saturated carbocycles. The average Bonchev–Trinajstić information content (AvgIpc) is 3.10. The van der Waals surface area contributed by atoms with Gasteiger partial charge in [0.15, 0.2) is 0 Å². The maximum atomic E-state index is 5.91. The van der Waals surface area contributed by atoms with Crippen molar-refractivity contribution in [3.63, 3.8) is 0 Å². The molecule has 1 aliphatic carbocycles. The summed E-state index contributed by atoms with van der Waals surface area (Å²) in [6, 6.07) is 5.01. The Labute approximate surface area is 111 Å². The number of hydrogen-bond acceptors (Lipinski definition) is 2. The van der Waals surface area contributed by atoms with E-state index in [0.717, 1.165) is 24.8 Å². The first kappa shape index (κ1) is 13.4. The van der Waals surface area contributed by atoms with Crippen molar-refractivity contribution in [2.45, 2.75) is 46.6 Å². The van der Waals surface area contributed by atoms with Crippen LogP contribution in [-0.4, -0.2) is 19.2 Å². The van der Waals surface area contributed by atoms with E-state index in [-0.39, 0.29) is 0 Å². The molecule has 2 nitrogen and oxygen atoms in total. The molecule has 100 valence electrons. The lowest BCUT2D eigenvalue weighted by Gasteiger charge is -2.16. The van der Waals surface area contributed by atoms with Crippen LogP contribution in [0.3, 0.4) is 0 Å². The second kappa shape index (κ2) is 5.75. The van der Waals surface area contributed by atoms with Crippen molar-refractivity contribution in [2.75, 3.05) is 13.2 Å². The monoisotopic (exact) mass is 247 g/mol. The molecular weight excluding hydrogens is 222 g/mol. The predicted octanol–water partition coefficient (Wildman–Crippen LogP) is 3.38. The van der Waals surface area contributed by atoms with E-state index in [9.17, 15) is 0 Å². The zero-order chi connectivity index (χ0) is 13.1. The number of aryl methyl sites for hydroxylation is 3. The lowest BCUT2D eigenvalue weighted by atomic mass is 10.1. The predicted molar refractivity (Wildman–Crippen MR) is 76.3 cm³/mol. The Kier molecular flexibility index (Phi) is 4.28. The van der Waals surface area contributed by atoms with Crippen molar-refractivity contribution in [1.82, 2.24) is 5.32 Å². The van der Waals surface area contributed by atoms with Crippen LogP contribution in [0.25, 0.3) is 0 Å². The third-order valence-electron chi connectivity index (χ3n) is 3.75. The Morgan fingerprint density at radius 1 is 1.22 bits per heavy atom. The number of ether oxygens (including phenoxy) is 1. The maximum Gasteiger partial charge on any atom is 0.125 e. The van der Waals surface area contributed by atoms with Crippen LogP contribution in [0.1, 0.15) is 36.5 Å². The summed E-state index contributed by atoms with van der Waals surface area (Å²) in [4.78, 5) is 0. The quantitative estimate of drug-likeness (QED) is 0.778. The highest BCUT2D eigenvalue weighted by Gasteiger charge is 2.27. The highest BCUT2D eigenvalue weighted by atomic mass is 16.5. The van der Waals surface area contributed by atoms with Gasteiger partial charge in [0.25, 0.3) is 0 Å². The molecule has 0 spiro atoms. The lowest BCUT2D eigenvalue weighted by molar-refractivity contribution is 0.299. The van der Waals surface area contributed by atoms with Crippen LogP contribution in [0.15, 0.2) is 12.1 Å². The summed E-state index contributed by atoms with van der Waals surface area (Å²) >= 11 is 0. The molecule has 0 amide bonds. The van der Waals surface area contributed by atoms with Crippen LogP contribution in [-0.2, 0) is 0 Å². The first-order chi connectivity index (χ1) is 8.58. The molecule has 0 saturated heterocycles. The number of nitrogens with one attached hydrogen (secondary N) is 1. The highest BCUT2D eigenvalue weighted by Crippen LogP contribution is 2.32. The van der Waals surface area contributed by atoms with Crippen LogP contribution >= 0.6 is 0 Å². The standard InChI is InChI=1S/C16H25NO/c1-11-9-12(2)16(13(3)10-11)18-8-7-17-14(4)15-5-6-15/h9-10,14-15,17H,5-8H2,1-4H3. The Balaban J connectivity index is 1.79. The Morgan fingerprint density at radius 3 is 2.39 bits per heavy atom. The van der Waals surface area contributed by atoms with Crippen LogP contribution in [0.2, 0.25) is 0 Å². The van der Waals surface area contributed by atoms with Gasteiger partial charge in [0, 0.05) is 12.6 Å². The van der Waals surface area contributed by atoms with Gasteiger partial charge in [0.2, 0.25) is 0 Å². The number of rotatable bonds is 6. The minimum atomic E-state index is 0.647. The Bertz CT molecular complexity index is 387. The molecule has 1 fully saturated rings. The van der Waals surface area contributed by atoms with E-state index in [1.807, 2.05) is 0 Å². The molecule has 1 atom stereocenters. The van der Waals surface area contributed by atoms with Crippen molar-refractivity contribution in [3.05, 3.63) is 28.8 Å². The molecule has 0 aromatic heterocycles. The van der Waals surface area contributed by atoms with Crippen LogP contribution in [0.5, 0.6) is 5.75 Å². The zero-order valence-electron chi connectivity index (χ0n) is 12.0. The maximum absolute atomic E-state index is 5.91. The van der Waals surface area contributed by atoms with Gasteiger partial charge >= 0.3 is 0 Å². The van der Waals surface area contributed by atoms with Crippen molar-refractivity contribution >= 4 is 0 Å². The summed E-state index contributed by atoms with van der Waals surface area (Å²) in [7, 11) is 0. The summed E-state index contributed by atoms with van der Waals surface area (Å²) in [5.74, 6) is 1.97. The second-order valence-electron chi connectivity index (χ2n) is 5.66. The smallest absolute Gasteiger partial charge is 0.125 e. The van der Waals surface area contributed by atoms with Gasteiger partial charge in [-0.1, -0.05) is 17.7 Å². The molecule has 0 aliphatic heterocycles. The van der Waals surface area contributed by atoms with Crippen molar-refractivity contribution < 1.29 is 4.74 Å². The minimum absolute atomic E-state index is 0.647. The molecule has 0 bridgehead atoms. The fraction of sp³-hybridized carbons (Fsp3) is 0.625. The molecule has 0 radical (unpaired) electrons. The van der Waals surface area contributed by atoms with E-state index in [1.54, 1.807) is 0 Å². The molecule has 1 aliphatic rings. The first-order valence-electron chi connectivity index (χ1n) is 7.02. The summed E-state index contributed by atoms with van der Waals surface area (Å²) in [5, 5.41) is 3.54. The molecular formula is C16H25NO. The molecule has 1 aromatic rings. The van der Waals surface area contributed by atoms with Gasteiger partial charge in [0.1, 0.15) is 12.4 Å². The van der Waals surface area contributed by atoms with E-state index in [0.29, 0.717) is 6.04 Å². The van der Waals surface area contributed by atoms with Crippen LogP contribution in [0, 0.1) is 26.7 Å². The molecule has 1 unspecified atom stereocenters. The first-order valence-corrected chi connectivity index (χ1v) is 7.02. The normalized spacial score (nSPS) is 16.7. The van der Waals surface area contributed by atoms with E-state index in [4.69, 9.17) is 4.74 Å². The Morgan fingerprint density at radius 2 is 1.83 bits per heavy atom. The largest absolute Gasteiger partial charge is 0.492 e. The number of benzene rings is 1. The Hall–Kier alpha value is -1.02. The second-order valence-corrected chi connectivity index (χ2v) is 5.66. The van der Waals surface area contributed by atoms with Gasteiger partial charge in [-0.25, -0.2) is 0 Å². The molecule has 2 rings (SSSR count). The summed E-state index contributed by atoms with van der Waals surface area (Å²) in [5.41, 5.74) is 3.78. The fourth-order valence-corrected chi connectivity index (χ4v) is 2.60. The topological polar surface area (TPSA) is 21.3 Å². The van der Waals surface area contributed by atoms with Crippen LogP contribution in [0.4, 0.5) is 0 Å². The molecule has 1 N–H and O–H groups in total. The minimum Gasteiger partial charge on any atom is -0.492 e.